The highest BCUT2D eigenvalue weighted by Gasteiger charge is 2.17. The van der Waals surface area contributed by atoms with E-state index < -0.39 is 10.0 Å². The second-order valence-corrected chi connectivity index (χ2v) is 7.84. The van der Waals surface area contributed by atoms with Crippen LogP contribution in [-0.4, -0.2) is 26.9 Å². The zero-order valence-corrected chi connectivity index (χ0v) is 14.6. The van der Waals surface area contributed by atoms with E-state index in [-0.39, 0.29) is 23.4 Å². The lowest BCUT2D eigenvalue weighted by molar-refractivity contribution is 0.0930. The van der Waals surface area contributed by atoms with Crippen LogP contribution in [0.5, 0.6) is 0 Å². The van der Waals surface area contributed by atoms with Crippen LogP contribution >= 0.6 is 0 Å². The fraction of sp³-hybridized carbons (Fsp3) is 0.500. The minimum absolute atomic E-state index is 0.0632. The Kier molecular flexibility index (Phi) is 6.83. The maximum atomic E-state index is 12.3. The van der Waals surface area contributed by atoms with Crippen LogP contribution in [0.1, 0.15) is 55.3 Å². The van der Waals surface area contributed by atoms with Crippen molar-refractivity contribution < 1.29 is 13.2 Å². The number of nitrogens with one attached hydrogen (secondary N) is 2. The van der Waals surface area contributed by atoms with Crippen molar-refractivity contribution in [3.05, 3.63) is 29.8 Å². The molecule has 2 rings (SSSR count). The van der Waals surface area contributed by atoms with Gasteiger partial charge in [0.25, 0.3) is 5.91 Å². The van der Waals surface area contributed by atoms with E-state index in [9.17, 15) is 13.2 Å². The van der Waals surface area contributed by atoms with Gasteiger partial charge in [-0.25, -0.2) is 8.42 Å². The van der Waals surface area contributed by atoms with Crippen molar-refractivity contribution in [2.75, 3.05) is 6.54 Å². The number of sulfonamides is 1. The SMILES string of the molecule is C#CCNS(=O)(=O)c1ccc(C(=O)NC2CCCCCCC2)cc1. The van der Waals surface area contributed by atoms with Gasteiger partial charge in [0.15, 0.2) is 0 Å². The third-order valence-electron chi connectivity index (χ3n) is 4.23. The summed E-state index contributed by atoms with van der Waals surface area (Å²) in [6.07, 6.45) is 13.1. The predicted molar refractivity (Wildman–Crippen MR) is 94.0 cm³/mol. The molecule has 0 atom stereocenters. The summed E-state index contributed by atoms with van der Waals surface area (Å²) in [5.41, 5.74) is 0.466. The predicted octanol–water partition coefficient (Wildman–Crippen LogP) is 2.44. The summed E-state index contributed by atoms with van der Waals surface area (Å²) < 4.78 is 26.2. The Morgan fingerprint density at radius 3 is 2.25 bits per heavy atom. The lowest BCUT2D eigenvalue weighted by Crippen LogP contribution is -2.35. The van der Waals surface area contributed by atoms with Crippen LogP contribution in [0.4, 0.5) is 0 Å². The van der Waals surface area contributed by atoms with Crippen LogP contribution in [0.2, 0.25) is 0 Å². The van der Waals surface area contributed by atoms with Crippen molar-refractivity contribution in [1.82, 2.24) is 10.0 Å². The van der Waals surface area contributed by atoms with Gasteiger partial charge in [-0.15, -0.1) is 6.42 Å². The summed E-state index contributed by atoms with van der Waals surface area (Å²) in [4.78, 5) is 12.4. The molecule has 5 nitrogen and oxygen atoms in total. The Morgan fingerprint density at radius 1 is 1.08 bits per heavy atom. The molecule has 24 heavy (non-hydrogen) atoms. The first-order chi connectivity index (χ1) is 11.5. The fourth-order valence-electron chi connectivity index (χ4n) is 2.87. The number of hydrogen-bond donors (Lipinski definition) is 2. The summed E-state index contributed by atoms with van der Waals surface area (Å²) in [5, 5.41) is 3.06. The summed E-state index contributed by atoms with van der Waals surface area (Å²) in [5.74, 6) is 2.07. The maximum Gasteiger partial charge on any atom is 0.251 e. The molecule has 0 saturated heterocycles. The van der Waals surface area contributed by atoms with E-state index >= 15 is 0 Å². The normalized spacial score (nSPS) is 16.6. The third kappa shape index (κ3) is 5.36. The monoisotopic (exact) mass is 348 g/mol. The number of rotatable bonds is 5. The van der Waals surface area contributed by atoms with Crippen molar-refractivity contribution in [2.45, 2.75) is 55.9 Å². The molecule has 2 N–H and O–H groups in total. The van der Waals surface area contributed by atoms with Gasteiger partial charge in [-0.1, -0.05) is 38.0 Å². The van der Waals surface area contributed by atoms with E-state index in [0.717, 1.165) is 25.7 Å². The van der Waals surface area contributed by atoms with Crippen LogP contribution < -0.4 is 10.0 Å². The molecule has 0 unspecified atom stereocenters. The molecule has 0 aliphatic heterocycles. The van der Waals surface area contributed by atoms with Crippen molar-refractivity contribution >= 4 is 15.9 Å². The highest BCUT2D eigenvalue weighted by Crippen LogP contribution is 2.18. The summed E-state index contributed by atoms with van der Waals surface area (Å²) in [6.45, 7) is -0.0632. The van der Waals surface area contributed by atoms with Gasteiger partial charge in [0, 0.05) is 11.6 Å². The molecular formula is C18H24N2O3S. The van der Waals surface area contributed by atoms with Gasteiger partial charge >= 0.3 is 0 Å². The lowest BCUT2D eigenvalue weighted by Gasteiger charge is -2.21. The summed E-state index contributed by atoms with van der Waals surface area (Å²) >= 11 is 0. The van der Waals surface area contributed by atoms with E-state index in [4.69, 9.17) is 6.42 Å². The lowest BCUT2D eigenvalue weighted by atomic mass is 9.96. The van der Waals surface area contributed by atoms with E-state index in [1.165, 1.54) is 43.5 Å². The van der Waals surface area contributed by atoms with Gasteiger partial charge in [0.1, 0.15) is 0 Å². The van der Waals surface area contributed by atoms with Gasteiger partial charge in [-0.2, -0.15) is 4.72 Å². The van der Waals surface area contributed by atoms with Crippen LogP contribution in [0.3, 0.4) is 0 Å². The molecule has 0 heterocycles. The average Bonchev–Trinajstić information content (AvgIpc) is 2.55. The van der Waals surface area contributed by atoms with Crippen molar-refractivity contribution in [1.29, 1.82) is 0 Å². The van der Waals surface area contributed by atoms with Gasteiger partial charge in [-0.05, 0) is 37.1 Å². The Labute approximate surface area is 144 Å². The third-order valence-corrected chi connectivity index (χ3v) is 5.65. The van der Waals surface area contributed by atoms with Gasteiger partial charge < -0.3 is 5.32 Å². The average molecular weight is 348 g/mol. The van der Waals surface area contributed by atoms with Crippen molar-refractivity contribution in [3.63, 3.8) is 0 Å². The maximum absolute atomic E-state index is 12.3. The number of terminal acetylenes is 1. The largest absolute Gasteiger partial charge is 0.349 e. The van der Waals surface area contributed by atoms with Crippen LogP contribution in [0.15, 0.2) is 29.2 Å². The van der Waals surface area contributed by atoms with Gasteiger partial charge in [-0.3, -0.25) is 4.79 Å². The molecule has 1 amide bonds. The molecule has 0 bridgehead atoms. The molecule has 1 saturated carbocycles. The van der Waals surface area contributed by atoms with Crippen LogP contribution in [-0.2, 0) is 10.0 Å². The Bertz CT molecular complexity index is 682. The molecule has 1 aliphatic carbocycles. The molecule has 6 heteroatoms. The summed E-state index contributed by atoms with van der Waals surface area (Å²) in [7, 11) is -3.63. The molecule has 130 valence electrons. The van der Waals surface area contributed by atoms with E-state index in [2.05, 4.69) is 16.0 Å². The molecule has 1 aromatic rings. The highest BCUT2D eigenvalue weighted by atomic mass is 32.2. The molecule has 1 aromatic carbocycles. The van der Waals surface area contributed by atoms with Gasteiger partial charge in [0.2, 0.25) is 10.0 Å². The van der Waals surface area contributed by atoms with Crippen LogP contribution in [0, 0.1) is 12.3 Å². The fourth-order valence-corrected chi connectivity index (χ4v) is 3.81. The number of carbonyl (C=O) groups excluding carboxylic acids is 1. The second kappa shape index (κ2) is 8.86. The molecule has 1 fully saturated rings. The van der Waals surface area contributed by atoms with E-state index in [1.54, 1.807) is 0 Å². The van der Waals surface area contributed by atoms with E-state index in [1.807, 2.05) is 0 Å². The first-order valence-electron chi connectivity index (χ1n) is 8.37. The van der Waals surface area contributed by atoms with E-state index in [0.29, 0.717) is 5.56 Å². The first kappa shape index (κ1) is 18.5. The second-order valence-electron chi connectivity index (χ2n) is 6.07. The Morgan fingerprint density at radius 2 is 1.67 bits per heavy atom. The number of amides is 1. The molecule has 0 spiro atoms. The number of hydrogen-bond acceptors (Lipinski definition) is 3. The number of carbonyl (C=O) groups is 1. The topological polar surface area (TPSA) is 75.3 Å². The highest BCUT2D eigenvalue weighted by molar-refractivity contribution is 7.89. The Balaban J connectivity index is 1.99. The molecule has 0 radical (unpaired) electrons. The number of benzene rings is 1. The minimum atomic E-state index is -3.63. The zero-order valence-electron chi connectivity index (χ0n) is 13.8. The quantitative estimate of drug-likeness (QED) is 0.803. The molecule has 1 aliphatic rings. The standard InChI is InChI=1S/C18H24N2O3S/c1-2-14-19-24(22,23)17-12-10-15(11-13-17)18(21)20-16-8-6-4-3-5-7-9-16/h1,10-13,16,19H,3-9,14H2,(H,20,21). The van der Waals surface area contributed by atoms with Crippen molar-refractivity contribution in [2.24, 2.45) is 0 Å². The minimum Gasteiger partial charge on any atom is -0.349 e. The molecule has 0 aromatic heterocycles. The molecular weight excluding hydrogens is 324 g/mol. The summed E-state index contributed by atoms with van der Waals surface area (Å²) in [6, 6.07) is 6.11. The zero-order chi connectivity index (χ0) is 17.4. The smallest absolute Gasteiger partial charge is 0.251 e. The van der Waals surface area contributed by atoms with Crippen LogP contribution in [0.25, 0.3) is 0 Å². The Hall–Kier alpha value is -1.84. The first-order valence-corrected chi connectivity index (χ1v) is 9.85. The van der Waals surface area contributed by atoms with Gasteiger partial charge in [0.05, 0.1) is 11.4 Å². The van der Waals surface area contributed by atoms with Crippen molar-refractivity contribution in [3.8, 4) is 12.3 Å².